The van der Waals surface area contributed by atoms with Crippen LogP contribution in [0.15, 0.2) is 34.9 Å². The quantitative estimate of drug-likeness (QED) is 0.273. The topological polar surface area (TPSA) is 129 Å². The number of likely N-dealkylation sites (tertiary alicyclic amines) is 1. The van der Waals surface area contributed by atoms with Crippen LogP contribution in [0.2, 0.25) is 0 Å². The molecule has 3 amide bonds. The van der Waals surface area contributed by atoms with Gasteiger partial charge in [0.25, 0.3) is 0 Å². The first kappa shape index (κ1) is 37.2. The lowest BCUT2D eigenvalue weighted by molar-refractivity contribution is -0.199. The SMILES string of the molecule is CCC(CC(C)(C)N1CCOCC1)C(C#N)C(=O)N1CCC[C@@H]1CNC(=O)N[C@@H](Cc1coc2ccccc12)B1O[C@@H]2C[C@@H]3C[C@@H](C3(C)C)[C@]2(C)O1. The number of benzene rings is 1. The fourth-order valence-electron chi connectivity index (χ4n) is 10.5. The van der Waals surface area contributed by atoms with Crippen LogP contribution in [-0.4, -0.2) is 97.5 Å². The Kier molecular flexibility index (Phi) is 10.5. The highest BCUT2D eigenvalue weighted by atomic mass is 16.7. The Morgan fingerprint density at radius 3 is 2.63 bits per heavy atom. The summed E-state index contributed by atoms with van der Waals surface area (Å²) >= 11 is 0. The van der Waals surface area contributed by atoms with Gasteiger partial charge in [0, 0.05) is 43.1 Å². The number of nitrogens with one attached hydrogen (secondary N) is 2. The lowest BCUT2D eigenvalue weighted by Gasteiger charge is -2.64. The number of furan rings is 1. The summed E-state index contributed by atoms with van der Waals surface area (Å²) in [6.07, 6.45) is 7.45. The third-order valence-corrected chi connectivity index (χ3v) is 13.8. The highest BCUT2D eigenvalue weighted by Gasteiger charge is 2.68. The molecule has 282 valence electrons. The van der Waals surface area contributed by atoms with Crippen molar-refractivity contribution in [3.8, 4) is 6.07 Å². The van der Waals surface area contributed by atoms with Crippen molar-refractivity contribution in [2.45, 2.75) is 116 Å². The summed E-state index contributed by atoms with van der Waals surface area (Å²) in [7, 11) is -0.613. The van der Waals surface area contributed by atoms with Crippen molar-refractivity contribution in [2.75, 3.05) is 39.4 Å². The van der Waals surface area contributed by atoms with Gasteiger partial charge in [0.15, 0.2) is 0 Å². The van der Waals surface area contributed by atoms with E-state index in [1.165, 1.54) is 0 Å². The van der Waals surface area contributed by atoms with Crippen LogP contribution in [0.3, 0.4) is 0 Å². The number of para-hydroxylation sites is 1. The molecule has 6 fully saturated rings. The van der Waals surface area contributed by atoms with Crippen molar-refractivity contribution < 1.29 is 28.1 Å². The largest absolute Gasteiger partial charge is 0.482 e. The monoisotopic (exact) mass is 715 g/mol. The van der Waals surface area contributed by atoms with E-state index in [4.69, 9.17) is 18.5 Å². The zero-order valence-corrected chi connectivity index (χ0v) is 32.0. The molecule has 0 spiro atoms. The first-order valence-electron chi connectivity index (χ1n) is 19.7. The Bertz CT molecular complexity index is 1650. The summed E-state index contributed by atoms with van der Waals surface area (Å²) in [6.45, 7) is 17.4. The molecule has 2 bridgehead atoms. The molecule has 0 radical (unpaired) electrons. The van der Waals surface area contributed by atoms with E-state index in [0.29, 0.717) is 44.6 Å². The molecular weight excluding hydrogens is 657 g/mol. The average molecular weight is 716 g/mol. The van der Waals surface area contributed by atoms with Gasteiger partial charge in [-0.25, -0.2) is 4.79 Å². The molecule has 52 heavy (non-hydrogen) atoms. The maximum atomic E-state index is 14.1. The number of nitriles is 1. The molecule has 11 nitrogen and oxygen atoms in total. The molecule has 2 aromatic rings. The van der Waals surface area contributed by atoms with Crippen molar-refractivity contribution in [1.82, 2.24) is 20.4 Å². The van der Waals surface area contributed by atoms with Gasteiger partial charge in [-0.15, -0.1) is 0 Å². The van der Waals surface area contributed by atoms with Gasteiger partial charge in [-0.05, 0) is 94.1 Å². The standard InChI is InChI=1S/C40H58BN5O6/c1-7-26(22-38(2,3)45-15-17-49-18-16-45)31(23-42)36(47)46-14-10-11-29(46)24-43-37(48)44-35(19-27-25-50-32-13-9-8-12-30(27)32)41-51-34-21-28-20-33(39(28,4)5)40(34,6)52-41/h8-9,12-13,25-26,28-29,31,33-35H,7,10-11,14-22,24H2,1-6H3,(H2,43,44,48)/t26?,28-,29+,31?,33-,34+,35-,40-/m0/s1. The number of carbonyl (C=O) groups excluding carboxylic acids is 2. The van der Waals surface area contributed by atoms with Gasteiger partial charge in [0.05, 0.1) is 43.2 Å². The van der Waals surface area contributed by atoms with Gasteiger partial charge < -0.3 is 34.0 Å². The average Bonchev–Trinajstić information content (AvgIpc) is 3.87. The molecule has 2 N–H and O–H groups in total. The lowest BCUT2D eigenvalue weighted by atomic mass is 9.43. The molecule has 8 rings (SSSR count). The van der Waals surface area contributed by atoms with Crippen molar-refractivity contribution in [3.05, 3.63) is 36.1 Å². The second-order valence-electron chi connectivity index (χ2n) is 17.5. The van der Waals surface area contributed by atoms with Crippen LogP contribution in [0.25, 0.3) is 11.0 Å². The molecule has 3 saturated heterocycles. The van der Waals surface area contributed by atoms with Crippen LogP contribution < -0.4 is 10.6 Å². The number of hydrogen-bond acceptors (Lipinski definition) is 8. The zero-order chi connectivity index (χ0) is 36.8. The van der Waals surface area contributed by atoms with Gasteiger partial charge in [0.2, 0.25) is 5.91 Å². The van der Waals surface area contributed by atoms with Crippen LogP contribution in [0.5, 0.6) is 0 Å². The lowest BCUT2D eigenvalue weighted by Crippen LogP contribution is -2.65. The fraction of sp³-hybridized carbons (Fsp3) is 0.725. The van der Waals surface area contributed by atoms with Crippen LogP contribution in [0.1, 0.15) is 85.6 Å². The highest BCUT2D eigenvalue weighted by Crippen LogP contribution is 2.65. The number of urea groups is 1. The Hall–Kier alpha value is -3.11. The Labute approximate surface area is 309 Å². The first-order chi connectivity index (χ1) is 24.9. The van der Waals surface area contributed by atoms with E-state index in [9.17, 15) is 14.9 Å². The smallest absolute Gasteiger partial charge is 0.464 e. The molecule has 3 aliphatic carbocycles. The van der Waals surface area contributed by atoms with E-state index >= 15 is 0 Å². The predicted molar refractivity (Wildman–Crippen MR) is 199 cm³/mol. The number of morpholine rings is 1. The number of amides is 3. The van der Waals surface area contributed by atoms with Gasteiger partial charge in [0.1, 0.15) is 11.5 Å². The Balaban J connectivity index is 1.01. The highest BCUT2D eigenvalue weighted by molar-refractivity contribution is 6.48. The third-order valence-electron chi connectivity index (χ3n) is 13.8. The molecule has 6 aliphatic rings. The van der Waals surface area contributed by atoms with Gasteiger partial charge in [-0.1, -0.05) is 45.4 Å². The van der Waals surface area contributed by atoms with E-state index < -0.39 is 24.6 Å². The number of ether oxygens (including phenoxy) is 1. The summed E-state index contributed by atoms with van der Waals surface area (Å²) in [5.41, 5.74) is 1.43. The minimum atomic E-state index is -0.730. The number of fused-ring (bicyclic) bond motifs is 1. The normalized spacial score (nSPS) is 30.2. The minimum Gasteiger partial charge on any atom is -0.464 e. The number of hydrogen-bond donors (Lipinski definition) is 2. The number of rotatable bonds is 12. The summed E-state index contributed by atoms with van der Waals surface area (Å²) in [6, 6.07) is 9.81. The molecule has 3 aliphatic heterocycles. The predicted octanol–water partition coefficient (Wildman–Crippen LogP) is 5.57. The molecular formula is C40H58BN5O6. The molecule has 1 aromatic carbocycles. The van der Waals surface area contributed by atoms with Crippen molar-refractivity contribution >= 4 is 30.0 Å². The minimum absolute atomic E-state index is 0.0136. The van der Waals surface area contributed by atoms with Crippen LogP contribution in [0.4, 0.5) is 4.79 Å². The molecule has 8 atom stereocenters. The maximum absolute atomic E-state index is 14.1. The fourth-order valence-corrected chi connectivity index (χ4v) is 10.5. The van der Waals surface area contributed by atoms with Crippen molar-refractivity contribution in [3.63, 3.8) is 0 Å². The summed E-state index contributed by atoms with van der Waals surface area (Å²) in [5.74, 6) is -0.363. The Morgan fingerprint density at radius 2 is 1.90 bits per heavy atom. The van der Waals surface area contributed by atoms with E-state index in [1.54, 1.807) is 6.26 Å². The van der Waals surface area contributed by atoms with Gasteiger partial charge >= 0.3 is 13.1 Å². The summed E-state index contributed by atoms with van der Waals surface area (Å²) in [5, 5.41) is 17.6. The number of carbonyl (C=O) groups is 2. The first-order valence-corrected chi connectivity index (χ1v) is 19.7. The second-order valence-corrected chi connectivity index (χ2v) is 17.5. The van der Waals surface area contributed by atoms with E-state index in [2.05, 4.69) is 63.1 Å². The summed E-state index contributed by atoms with van der Waals surface area (Å²) in [4.78, 5) is 32.1. The molecule has 4 heterocycles. The summed E-state index contributed by atoms with van der Waals surface area (Å²) < 4.78 is 24.9. The van der Waals surface area contributed by atoms with Gasteiger partial charge in [-0.2, -0.15) is 5.26 Å². The van der Waals surface area contributed by atoms with Gasteiger partial charge in [-0.3, -0.25) is 9.69 Å². The van der Waals surface area contributed by atoms with Crippen molar-refractivity contribution in [2.24, 2.45) is 29.1 Å². The second kappa shape index (κ2) is 14.6. The van der Waals surface area contributed by atoms with Crippen LogP contribution in [-0.2, 0) is 25.3 Å². The van der Waals surface area contributed by atoms with Crippen LogP contribution in [0, 0.1) is 40.4 Å². The van der Waals surface area contributed by atoms with E-state index in [1.807, 2.05) is 29.2 Å². The molecule has 3 saturated carbocycles. The molecule has 12 heteroatoms. The molecule has 2 unspecified atom stereocenters. The van der Waals surface area contributed by atoms with Crippen molar-refractivity contribution in [1.29, 1.82) is 5.26 Å². The zero-order valence-electron chi connectivity index (χ0n) is 32.0. The van der Waals surface area contributed by atoms with Crippen LogP contribution >= 0.6 is 0 Å². The van der Waals surface area contributed by atoms with E-state index in [-0.39, 0.29) is 41.0 Å². The third kappa shape index (κ3) is 6.87. The molecule has 1 aromatic heterocycles. The number of nitrogens with zero attached hydrogens (tertiary/aromatic N) is 3. The maximum Gasteiger partial charge on any atom is 0.482 e. The van der Waals surface area contributed by atoms with E-state index in [0.717, 1.165) is 68.1 Å². The Morgan fingerprint density at radius 1 is 1.13 bits per heavy atom.